The lowest BCUT2D eigenvalue weighted by atomic mass is 9.88. The lowest BCUT2D eigenvalue weighted by molar-refractivity contribution is -0.120. The highest BCUT2D eigenvalue weighted by Gasteiger charge is 2.20. The zero-order valence-corrected chi connectivity index (χ0v) is 24.7. The molecule has 4 heteroatoms. The van der Waals surface area contributed by atoms with Crippen molar-refractivity contribution in [2.75, 3.05) is 0 Å². The fraction of sp³-hybridized carbons (Fsp3) is 0.472. The predicted molar refractivity (Wildman–Crippen MR) is 164 cm³/mol. The summed E-state index contributed by atoms with van der Waals surface area (Å²) in [6.07, 6.45) is 15.2. The molecule has 0 saturated heterocycles. The molecule has 1 heterocycles. The van der Waals surface area contributed by atoms with Crippen molar-refractivity contribution in [3.05, 3.63) is 88.5 Å². The van der Waals surface area contributed by atoms with Gasteiger partial charge in [-0.05, 0) is 123 Å². The molecule has 0 aromatic heterocycles. The van der Waals surface area contributed by atoms with Gasteiger partial charge < -0.3 is 4.74 Å². The molecule has 0 saturated carbocycles. The normalized spacial score (nSPS) is 20.8. The topological polar surface area (TPSA) is 62.4 Å². The number of ether oxygens (including phenoxy) is 1. The first kappa shape index (κ1) is 29.5. The number of carbonyl (C=O) groups excluding carboxylic acids is 1. The van der Waals surface area contributed by atoms with Crippen LogP contribution in [0.5, 0.6) is 5.75 Å². The summed E-state index contributed by atoms with van der Waals surface area (Å²) >= 11 is 0. The first-order valence-electron chi connectivity index (χ1n) is 15.0. The van der Waals surface area contributed by atoms with Crippen LogP contribution >= 0.6 is 0 Å². The van der Waals surface area contributed by atoms with E-state index in [1.807, 2.05) is 19.1 Å². The molecule has 40 heavy (non-hydrogen) atoms. The second-order valence-corrected chi connectivity index (χ2v) is 11.7. The predicted octanol–water partition coefficient (Wildman–Crippen LogP) is 8.89. The van der Waals surface area contributed by atoms with Gasteiger partial charge in [-0.2, -0.15) is 5.26 Å². The van der Waals surface area contributed by atoms with E-state index in [-0.39, 0.29) is 12.0 Å². The summed E-state index contributed by atoms with van der Waals surface area (Å²) in [5.41, 5.74) is 6.94. The molecule has 0 radical (unpaired) electrons. The summed E-state index contributed by atoms with van der Waals surface area (Å²) in [6.45, 7) is 8.95. The molecule has 0 amide bonds. The van der Waals surface area contributed by atoms with Crippen LogP contribution in [0.25, 0.3) is 0 Å². The van der Waals surface area contributed by atoms with E-state index in [1.54, 1.807) is 6.92 Å². The molecule has 0 N–H and O–H groups in total. The monoisotopic (exact) mass is 536 g/mol. The van der Waals surface area contributed by atoms with Crippen LogP contribution in [0, 0.1) is 23.2 Å². The van der Waals surface area contributed by atoms with Crippen LogP contribution < -0.4 is 4.74 Å². The maximum absolute atomic E-state index is 11.6. The minimum atomic E-state index is 0.0522. The summed E-state index contributed by atoms with van der Waals surface area (Å²) < 4.78 is 6.46. The highest BCUT2D eigenvalue weighted by Crippen LogP contribution is 2.31. The van der Waals surface area contributed by atoms with Crippen LogP contribution in [-0.2, 0) is 11.3 Å². The van der Waals surface area contributed by atoms with E-state index in [4.69, 9.17) is 9.73 Å². The van der Waals surface area contributed by atoms with Crippen LogP contribution in [0.1, 0.15) is 107 Å². The summed E-state index contributed by atoms with van der Waals surface area (Å²) in [4.78, 5) is 16.5. The number of hydrogen-bond donors (Lipinski definition) is 0. The SMILES string of the molecule is CC(=O)C(C)CCCC(C)C1=CCCC=CC(Oc2ccc(C3=NCc4ccc(C#N)cc4C(C)C3)cc2)CC1. The van der Waals surface area contributed by atoms with E-state index in [1.165, 1.54) is 16.7 Å². The van der Waals surface area contributed by atoms with Gasteiger partial charge in [0.05, 0.1) is 18.2 Å². The Morgan fingerprint density at radius 2 is 1.93 bits per heavy atom. The van der Waals surface area contributed by atoms with Crippen molar-refractivity contribution in [1.29, 1.82) is 5.26 Å². The molecular formula is C36H44N2O2. The van der Waals surface area contributed by atoms with E-state index in [0.717, 1.165) is 68.4 Å². The lowest BCUT2D eigenvalue weighted by Gasteiger charge is -2.20. The summed E-state index contributed by atoms with van der Waals surface area (Å²) in [7, 11) is 0. The minimum Gasteiger partial charge on any atom is -0.486 e. The molecule has 4 unspecified atom stereocenters. The van der Waals surface area contributed by atoms with E-state index in [0.29, 0.717) is 29.7 Å². The van der Waals surface area contributed by atoms with Crippen LogP contribution in [0.2, 0.25) is 0 Å². The van der Waals surface area contributed by atoms with E-state index in [2.05, 4.69) is 68.5 Å². The molecule has 0 fully saturated rings. The average molecular weight is 537 g/mol. The highest BCUT2D eigenvalue weighted by atomic mass is 16.5. The molecule has 4 nitrogen and oxygen atoms in total. The third-order valence-electron chi connectivity index (χ3n) is 8.63. The number of nitriles is 1. The van der Waals surface area contributed by atoms with Gasteiger partial charge in [0.15, 0.2) is 0 Å². The number of nitrogens with zero attached hydrogens (tertiary/aromatic N) is 2. The van der Waals surface area contributed by atoms with Crippen molar-refractivity contribution in [1.82, 2.24) is 0 Å². The standard InChI is InChI=1S/C36H44N2O2/c1-25(28(4)39)9-8-10-26(2)30-11-6-5-7-12-33(18-15-30)40-34-19-16-31(17-20-34)36-21-27(3)35-22-29(23-37)13-14-32(35)24-38-36/h7,11-14,16-17,19-20,22,25-27,33H,5-6,8-10,15,18,21,24H2,1-4H3. The van der Waals surface area contributed by atoms with Gasteiger partial charge in [0, 0.05) is 11.6 Å². The molecule has 210 valence electrons. The van der Waals surface area contributed by atoms with Crippen LogP contribution in [0.3, 0.4) is 0 Å². The second-order valence-electron chi connectivity index (χ2n) is 11.7. The van der Waals surface area contributed by atoms with E-state index in [9.17, 15) is 10.1 Å². The Hall–Kier alpha value is -3.45. The number of rotatable bonds is 9. The lowest BCUT2D eigenvalue weighted by Crippen LogP contribution is -2.15. The summed E-state index contributed by atoms with van der Waals surface area (Å²) in [5, 5.41) is 9.31. The molecule has 4 atom stereocenters. The quantitative estimate of drug-likeness (QED) is 0.301. The Kier molecular flexibility index (Phi) is 10.5. The average Bonchev–Trinajstić information content (AvgIpc) is 3.03. The Bertz CT molecular complexity index is 1300. The Morgan fingerprint density at radius 3 is 2.67 bits per heavy atom. The largest absolute Gasteiger partial charge is 0.486 e. The van der Waals surface area contributed by atoms with Crippen molar-refractivity contribution >= 4 is 11.5 Å². The second kappa shape index (κ2) is 14.3. The smallest absolute Gasteiger partial charge is 0.132 e. The van der Waals surface area contributed by atoms with Crippen LogP contribution in [0.15, 0.2) is 71.3 Å². The molecule has 4 rings (SSSR count). The molecule has 2 aromatic carbocycles. The number of aliphatic imine (C=N–C) groups is 1. The third kappa shape index (κ3) is 8.04. The zero-order valence-electron chi connectivity index (χ0n) is 24.7. The zero-order chi connectivity index (χ0) is 28.5. The summed E-state index contributed by atoms with van der Waals surface area (Å²) in [6, 6.07) is 16.6. The molecule has 1 aliphatic carbocycles. The van der Waals surface area contributed by atoms with Crippen molar-refractivity contribution in [3.63, 3.8) is 0 Å². The van der Waals surface area contributed by atoms with Gasteiger partial charge in [-0.15, -0.1) is 0 Å². The van der Waals surface area contributed by atoms with Crippen molar-refractivity contribution in [2.24, 2.45) is 16.8 Å². The number of benzene rings is 2. The van der Waals surface area contributed by atoms with Crippen LogP contribution in [-0.4, -0.2) is 17.6 Å². The van der Waals surface area contributed by atoms with Gasteiger partial charge >= 0.3 is 0 Å². The van der Waals surface area contributed by atoms with Gasteiger partial charge in [0.2, 0.25) is 0 Å². The first-order chi connectivity index (χ1) is 19.3. The van der Waals surface area contributed by atoms with Gasteiger partial charge in [0.1, 0.15) is 17.6 Å². The Labute approximate surface area is 240 Å². The van der Waals surface area contributed by atoms with Crippen molar-refractivity contribution in [3.8, 4) is 11.8 Å². The maximum Gasteiger partial charge on any atom is 0.132 e. The molecule has 1 aliphatic heterocycles. The fourth-order valence-electron chi connectivity index (χ4n) is 5.81. The third-order valence-corrected chi connectivity index (χ3v) is 8.63. The van der Waals surface area contributed by atoms with Gasteiger partial charge in [-0.25, -0.2) is 0 Å². The van der Waals surface area contributed by atoms with Gasteiger partial charge in [0.25, 0.3) is 0 Å². The van der Waals surface area contributed by atoms with Gasteiger partial charge in [-0.3, -0.25) is 9.79 Å². The minimum absolute atomic E-state index is 0.0522. The maximum atomic E-state index is 11.6. The molecule has 0 spiro atoms. The number of ketones is 1. The Morgan fingerprint density at radius 1 is 1.12 bits per heavy atom. The number of fused-ring (bicyclic) bond motifs is 1. The van der Waals surface area contributed by atoms with Crippen molar-refractivity contribution < 1.29 is 9.53 Å². The molecule has 2 aliphatic rings. The molecular weight excluding hydrogens is 492 g/mol. The van der Waals surface area contributed by atoms with Crippen molar-refractivity contribution in [2.45, 2.75) is 97.6 Å². The van der Waals surface area contributed by atoms with Gasteiger partial charge in [-0.1, -0.05) is 51.0 Å². The number of hydrogen-bond acceptors (Lipinski definition) is 4. The highest BCUT2D eigenvalue weighted by molar-refractivity contribution is 6.01. The number of allylic oxidation sites excluding steroid dienone is 3. The fourth-order valence-corrected chi connectivity index (χ4v) is 5.81. The molecule has 2 aromatic rings. The number of Topliss-reactive ketones (excluding diaryl/α,β-unsaturated/α-hetero) is 1. The van der Waals surface area contributed by atoms with Crippen LogP contribution in [0.4, 0.5) is 0 Å². The van der Waals surface area contributed by atoms with E-state index < -0.39 is 0 Å². The Balaban J connectivity index is 1.34. The first-order valence-corrected chi connectivity index (χ1v) is 15.0. The number of carbonyl (C=O) groups is 1. The summed E-state index contributed by atoms with van der Waals surface area (Å²) in [5.74, 6) is 2.20. The van der Waals surface area contributed by atoms with E-state index >= 15 is 0 Å². The molecule has 0 bridgehead atoms.